The minimum atomic E-state index is -0.404. The van der Waals surface area contributed by atoms with Crippen LogP contribution in [0.25, 0.3) is 0 Å². The van der Waals surface area contributed by atoms with Gasteiger partial charge in [-0.1, -0.05) is 12.2 Å². The molecule has 0 N–H and O–H groups in total. The Morgan fingerprint density at radius 3 is 2.12 bits per heavy atom. The summed E-state index contributed by atoms with van der Waals surface area (Å²) < 4.78 is 13.2. The van der Waals surface area contributed by atoms with Crippen molar-refractivity contribution in [3.63, 3.8) is 0 Å². The maximum Gasteiger partial charge on any atom is 0.235 e. The molecule has 1 aromatic rings. The van der Waals surface area contributed by atoms with E-state index in [1.807, 2.05) is 0 Å². The summed E-state index contributed by atoms with van der Waals surface area (Å²) in [7, 11) is 0. The van der Waals surface area contributed by atoms with Crippen LogP contribution in [0.4, 0.5) is 10.1 Å². The molecule has 5 nitrogen and oxygen atoms in total. The van der Waals surface area contributed by atoms with Crippen LogP contribution in [0.1, 0.15) is 13.3 Å². The second-order valence-corrected chi connectivity index (χ2v) is 7.82. The largest absolute Gasteiger partial charge is 0.294 e. The molecule has 0 unspecified atom stereocenters. The van der Waals surface area contributed by atoms with Gasteiger partial charge in [0.2, 0.25) is 17.7 Å². The Morgan fingerprint density at radius 1 is 1.08 bits per heavy atom. The van der Waals surface area contributed by atoms with E-state index in [9.17, 15) is 18.8 Å². The van der Waals surface area contributed by atoms with Crippen molar-refractivity contribution in [2.75, 3.05) is 11.6 Å². The van der Waals surface area contributed by atoms with Gasteiger partial charge in [-0.05, 0) is 54.4 Å². The number of rotatable bonds is 3. The van der Waals surface area contributed by atoms with Gasteiger partial charge in [0.1, 0.15) is 12.5 Å². The molecule has 0 spiro atoms. The zero-order valence-corrected chi connectivity index (χ0v) is 14.3. The summed E-state index contributed by atoms with van der Waals surface area (Å²) in [5, 5.41) is 0. The number of allylic oxidation sites excluding steroid dienone is 2. The predicted molar refractivity (Wildman–Crippen MR) is 91.0 cm³/mol. The van der Waals surface area contributed by atoms with Gasteiger partial charge in [0.25, 0.3) is 0 Å². The van der Waals surface area contributed by atoms with E-state index in [2.05, 4.69) is 12.2 Å². The summed E-state index contributed by atoms with van der Waals surface area (Å²) in [6.45, 7) is 1.27. The number of carbonyl (C=O) groups excluding carboxylic acids is 3. The van der Waals surface area contributed by atoms with Crippen LogP contribution in [0.5, 0.6) is 0 Å². The summed E-state index contributed by atoms with van der Waals surface area (Å²) in [5.74, 6) is -0.175. The number of hydrogen-bond acceptors (Lipinski definition) is 3. The van der Waals surface area contributed by atoms with Gasteiger partial charge in [-0.25, -0.2) is 4.39 Å². The molecule has 0 aromatic heterocycles. The highest BCUT2D eigenvalue weighted by Crippen LogP contribution is 2.65. The van der Waals surface area contributed by atoms with Crippen molar-refractivity contribution in [2.45, 2.75) is 13.3 Å². The second kappa shape index (κ2) is 5.25. The molecule has 1 aromatic carbocycles. The fourth-order valence-corrected chi connectivity index (χ4v) is 5.28. The number of amides is 3. The van der Waals surface area contributed by atoms with Crippen LogP contribution in [-0.2, 0) is 14.4 Å². The lowest BCUT2D eigenvalue weighted by Gasteiger charge is -2.37. The lowest BCUT2D eigenvalue weighted by Crippen LogP contribution is -2.44. The van der Waals surface area contributed by atoms with E-state index in [0.29, 0.717) is 17.5 Å². The Bertz CT molecular complexity index is 813. The molecule has 1 heterocycles. The first-order chi connectivity index (χ1) is 12.5. The second-order valence-electron chi connectivity index (χ2n) is 7.82. The lowest BCUT2D eigenvalue weighted by atomic mass is 9.63. The number of hydrogen-bond donors (Lipinski definition) is 0. The van der Waals surface area contributed by atoms with E-state index < -0.39 is 5.82 Å². The van der Waals surface area contributed by atoms with Crippen molar-refractivity contribution in [2.24, 2.45) is 35.5 Å². The molecule has 1 aliphatic heterocycles. The number of anilines is 1. The van der Waals surface area contributed by atoms with Crippen LogP contribution < -0.4 is 4.90 Å². The Balaban J connectivity index is 1.44. The molecule has 6 atom stereocenters. The standard InChI is InChI=1S/C20H19FN2O3/c1-10(24)22(12-4-2-11(21)3-5-12)9-23-19(25)17-13-6-7-14(16-8-15(13)16)18(17)20(23)26/h2-7,13-18H,8-9H2,1H3/t13-,14+,15-,16-,17+,18-/m1/s1. The highest BCUT2D eigenvalue weighted by Gasteiger charge is 2.67. The van der Waals surface area contributed by atoms with E-state index in [0.717, 1.165) is 6.42 Å². The van der Waals surface area contributed by atoms with Gasteiger partial charge >= 0.3 is 0 Å². The van der Waals surface area contributed by atoms with Crippen LogP contribution in [0.3, 0.4) is 0 Å². The first-order valence-electron chi connectivity index (χ1n) is 9.04. The third-order valence-corrected chi connectivity index (χ3v) is 6.56. The Kier molecular flexibility index (Phi) is 3.18. The molecule has 134 valence electrons. The number of likely N-dealkylation sites (tertiary alicyclic amines) is 1. The number of nitrogens with zero attached hydrogens (tertiary/aromatic N) is 2. The van der Waals surface area contributed by atoms with Gasteiger partial charge in [-0.3, -0.25) is 24.2 Å². The lowest BCUT2D eigenvalue weighted by molar-refractivity contribution is -0.140. The van der Waals surface area contributed by atoms with Gasteiger partial charge in [0.15, 0.2) is 0 Å². The molecule has 4 aliphatic carbocycles. The molecular formula is C20H19FN2O3. The van der Waals surface area contributed by atoms with Crippen LogP contribution in [0.2, 0.25) is 0 Å². The molecular weight excluding hydrogens is 335 g/mol. The minimum absolute atomic E-state index is 0.111. The summed E-state index contributed by atoms with van der Waals surface area (Å²) in [5.41, 5.74) is 0.471. The van der Waals surface area contributed by atoms with Crippen LogP contribution in [-0.4, -0.2) is 29.3 Å². The molecule has 5 aliphatic rings. The maximum atomic E-state index is 13.2. The Hall–Kier alpha value is -2.50. The monoisotopic (exact) mass is 354 g/mol. The third-order valence-electron chi connectivity index (χ3n) is 6.56. The number of halogens is 1. The molecule has 6 rings (SSSR count). The van der Waals surface area contributed by atoms with Crippen LogP contribution in [0.15, 0.2) is 36.4 Å². The highest BCUT2D eigenvalue weighted by atomic mass is 19.1. The van der Waals surface area contributed by atoms with Gasteiger partial charge < -0.3 is 0 Å². The SMILES string of the molecule is CC(=O)N(CN1C(=O)[C@@H]2[C@H]3C=C[C@H]([C@H]4C[C@H]34)[C@@H]2C1=O)c1ccc(F)cc1. The molecule has 6 heteroatoms. The van der Waals surface area contributed by atoms with Crippen molar-refractivity contribution in [3.05, 3.63) is 42.2 Å². The van der Waals surface area contributed by atoms with Gasteiger partial charge in [0, 0.05) is 12.6 Å². The molecule has 0 radical (unpaired) electrons. The van der Waals surface area contributed by atoms with E-state index in [4.69, 9.17) is 0 Å². The summed E-state index contributed by atoms with van der Waals surface area (Å²) in [4.78, 5) is 40.7. The summed E-state index contributed by atoms with van der Waals surface area (Å²) >= 11 is 0. The van der Waals surface area contributed by atoms with E-state index >= 15 is 0 Å². The molecule has 26 heavy (non-hydrogen) atoms. The molecule has 1 saturated heterocycles. The smallest absolute Gasteiger partial charge is 0.235 e. The van der Waals surface area contributed by atoms with Gasteiger partial charge in [-0.15, -0.1) is 0 Å². The highest BCUT2D eigenvalue weighted by molar-refractivity contribution is 6.07. The molecule has 2 saturated carbocycles. The minimum Gasteiger partial charge on any atom is -0.294 e. The molecule has 3 amide bonds. The van der Waals surface area contributed by atoms with Crippen LogP contribution >= 0.6 is 0 Å². The van der Waals surface area contributed by atoms with Gasteiger partial charge in [0.05, 0.1) is 11.8 Å². The number of carbonyl (C=O) groups is 3. The van der Waals surface area contributed by atoms with E-state index in [1.54, 1.807) is 0 Å². The zero-order chi connectivity index (χ0) is 18.2. The third kappa shape index (κ3) is 2.04. The fourth-order valence-electron chi connectivity index (χ4n) is 5.28. The first-order valence-corrected chi connectivity index (χ1v) is 9.04. The van der Waals surface area contributed by atoms with Crippen molar-refractivity contribution in [1.29, 1.82) is 0 Å². The normalized spacial score (nSPS) is 36.2. The predicted octanol–water partition coefficient (Wildman–Crippen LogP) is 2.19. The van der Waals surface area contributed by atoms with Crippen molar-refractivity contribution in [3.8, 4) is 0 Å². The first kappa shape index (κ1) is 15.7. The average molecular weight is 354 g/mol. The molecule has 3 fully saturated rings. The topological polar surface area (TPSA) is 57.7 Å². The Morgan fingerprint density at radius 2 is 1.62 bits per heavy atom. The average Bonchev–Trinajstić information content (AvgIpc) is 3.40. The van der Waals surface area contributed by atoms with E-state index in [1.165, 1.54) is 41.0 Å². The summed E-state index contributed by atoms with van der Waals surface area (Å²) in [6, 6.07) is 5.48. The van der Waals surface area contributed by atoms with E-state index in [-0.39, 0.29) is 48.1 Å². The van der Waals surface area contributed by atoms with Gasteiger partial charge in [-0.2, -0.15) is 0 Å². The Labute approximate surface area is 150 Å². The van der Waals surface area contributed by atoms with Crippen molar-refractivity contribution in [1.82, 2.24) is 4.90 Å². The fraction of sp³-hybridized carbons (Fsp3) is 0.450. The quantitative estimate of drug-likeness (QED) is 0.618. The van der Waals surface area contributed by atoms with Crippen molar-refractivity contribution >= 4 is 23.4 Å². The summed E-state index contributed by atoms with van der Waals surface area (Å²) in [6.07, 6.45) is 5.36. The van der Waals surface area contributed by atoms with Crippen molar-refractivity contribution < 1.29 is 18.8 Å². The number of imide groups is 1. The zero-order valence-electron chi connectivity index (χ0n) is 14.3. The maximum absolute atomic E-state index is 13.2. The van der Waals surface area contributed by atoms with Crippen LogP contribution in [0, 0.1) is 41.3 Å². The number of benzene rings is 1. The molecule has 2 bridgehead atoms.